The van der Waals surface area contributed by atoms with Crippen LogP contribution in [0, 0.1) is 3.57 Å². The predicted molar refractivity (Wildman–Crippen MR) is 99.0 cm³/mol. The first-order valence-corrected chi connectivity index (χ1v) is 8.53. The Hall–Kier alpha value is -1.89. The van der Waals surface area contributed by atoms with Gasteiger partial charge in [-0.15, -0.1) is 0 Å². The summed E-state index contributed by atoms with van der Waals surface area (Å²) >= 11 is 2.15. The van der Waals surface area contributed by atoms with Gasteiger partial charge < -0.3 is 10.2 Å². The lowest BCUT2D eigenvalue weighted by atomic mass is 10.2. The number of nitrogens with zero attached hydrogens (tertiary/aromatic N) is 1. The van der Waals surface area contributed by atoms with Crippen LogP contribution in [0.5, 0.6) is 0 Å². The summed E-state index contributed by atoms with van der Waals surface area (Å²) in [5.74, 6) is -0.317. The van der Waals surface area contributed by atoms with Crippen LogP contribution in [0.15, 0.2) is 54.6 Å². The number of hydrogen-bond acceptors (Lipinski definition) is 2. The molecule has 0 heterocycles. The smallest absolute Gasteiger partial charge is 0.251 e. The van der Waals surface area contributed by atoms with Crippen molar-refractivity contribution in [2.45, 2.75) is 13.5 Å². The second-order valence-electron chi connectivity index (χ2n) is 5.09. The Balaban J connectivity index is 1.91. The molecule has 0 saturated carbocycles. The van der Waals surface area contributed by atoms with Gasteiger partial charge in [-0.25, -0.2) is 0 Å². The molecule has 2 rings (SSSR count). The zero-order valence-corrected chi connectivity index (χ0v) is 15.1. The molecule has 0 spiro atoms. The summed E-state index contributed by atoms with van der Waals surface area (Å²) in [6, 6.07) is 17.1. The van der Waals surface area contributed by atoms with E-state index in [4.69, 9.17) is 0 Å². The fourth-order valence-electron chi connectivity index (χ4n) is 2.18. The Morgan fingerprint density at radius 3 is 2.48 bits per heavy atom. The van der Waals surface area contributed by atoms with Gasteiger partial charge in [-0.05, 0) is 53.3 Å². The number of benzene rings is 2. The molecular weight excluding hydrogens is 403 g/mol. The maximum absolute atomic E-state index is 12.3. The number of likely N-dealkylation sites (N-methyl/N-ethyl adjacent to an activating group) is 1. The number of carbonyl (C=O) groups is 2. The van der Waals surface area contributed by atoms with Gasteiger partial charge in [-0.3, -0.25) is 9.59 Å². The van der Waals surface area contributed by atoms with Gasteiger partial charge in [0.2, 0.25) is 5.91 Å². The Morgan fingerprint density at radius 2 is 1.83 bits per heavy atom. The lowest BCUT2D eigenvalue weighted by Gasteiger charge is -2.21. The molecule has 23 heavy (non-hydrogen) atoms. The minimum atomic E-state index is -0.229. The van der Waals surface area contributed by atoms with Crippen molar-refractivity contribution in [2.75, 3.05) is 13.1 Å². The number of halogens is 1. The normalized spacial score (nSPS) is 10.2. The van der Waals surface area contributed by atoms with Crippen LogP contribution >= 0.6 is 22.6 Å². The number of amides is 2. The minimum Gasteiger partial charge on any atom is -0.343 e. The van der Waals surface area contributed by atoms with Crippen molar-refractivity contribution in [2.24, 2.45) is 0 Å². The minimum absolute atomic E-state index is 0.00494. The van der Waals surface area contributed by atoms with Gasteiger partial charge in [0.05, 0.1) is 6.54 Å². The Labute approximate surface area is 150 Å². The first kappa shape index (κ1) is 17.5. The fraction of sp³-hybridized carbons (Fsp3) is 0.222. The molecule has 2 aromatic rings. The van der Waals surface area contributed by atoms with Gasteiger partial charge in [0.1, 0.15) is 0 Å². The number of nitrogens with one attached hydrogen (secondary N) is 1. The van der Waals surface area contributed by atoms with Crippen LogP contribution in [0.2, 0.25) is 0 Å². The molecule has 0 aromatic heterocycles. The van der Waals surface area contributed by atoms with Gasteiger partial charge in [0, 0.05) is 22.2 Å². The zero-order valence-electron chi connectivity index (χ0n) is 13.0. The molecule has 0 saturated heterocycles. The third kappa shape index (κ3) is 5.35. The van der Waals surface area contributed by atoms with E-state index in [1.165, 1.54) is 0 Å². The Kier molecular flexibility index (Phi) is 6.58. The van der Waals surface area contributed by atoms with E-state index in [0.29, 0.717) is 18.7 Å². The van der Waals surface area contributed by atoms with Crippen molar-refractivity contribution in [3.05, 3.63) is 69.3 Å². The molecule has 0 aliphatic carbocycles. The van der Waals surface area contributed by atoms with Gasteiger partial charge in [-0.2, -0.15) is 0 Å². The molecule has 0 bridgehead atoms. The highest BCUT2D eigenvalue weighted by atomic mass is 127. The maximum Gasteiger partial charge on any atom is 0.251 e. The quantitative estimate of drug-likeness (QED) is 0.728. The van der Waals surface area contributed by atoms with Crippen molar-refractivity contribution in [3.63, 3.8) is 0 Å². The lowest BCUT2D eigenvalue weighted by molar-refractivity contribution is -0.130. The molecule has 5 heteroatoms. The largest absolute Gasteiger partial charge is 0.343 e. The fourth-order valence-corrected chi connectivity index (χ4v) is 2.72. The Bertz CT molecular complexity index is 674. The topological polar surface area (TPSA) is 49.4 Å². The molecule has 2 amide bonds. The molecule has 0 radical (unpaired) electrons. The van der Waals surface area contributed by atoms with Crippen LogP contribution in [0.4, 0.5) is 0 Å². The van der Waals surface area contributed by atoms with Crippen molar-refractivity contribution in [1.82, 2.24) is 10.2 Å². The summed E-state index contributed by atoms with van der Waals surface area (Å²) in [5, 5.41) is 2.69. The van der Waals surface area contributed by atoms with Crippen LogP contribution in [-0.2, 0) is 11.3 Å². The second kappa shape index (κ2) is 8.67. The second-order valence-corrected chi connectivity index (χ2v) is 6.33. The molecule has 0 unspecified atom stereocenters. The van der Waals surface area contributed by atoms with Gasteiger partial charge in [-0.1, -0.05) is 36.4 Å². The zero-order chi connectivity index (χ0) is 16.7. The van der Waals surface area contributed by atoms with Gasteiger partial charge >= 0.3 is 0 Å². The van der Waals surface area contributed by atoms with E-state index in [-0.39, 0.29) is 18.4 Å². The number of rotatable bonds is 6. The highest BCUT2D eigenvalue weighted by Gasteiger charge is 2.14. The summed E-state index contributed by atoms with van der Waals surface area (Å²) in [6.07, 6.45) is 0. The van der Waals surface area contributed by atoms with E-state index in [1.807, 2.05) is 49.4 Å². The summed E-state index contributed by atoms with van der Waals surface area (Å²) in [5.41, 5.74) is 1.64. The molecule has 120 valence electrons. The first-order valence-electron chi connectivity index (χ1n) is 7.45. The highest BCUT2D eigenvalue weighted by molar-refractivity contribution is 14.1. The van der Waals surface area contributed by atoms with Crippen molar-refractivity contribution < 1.29 is 9.59 Å². The molecular formula is C18H19IN2O2. The van der Waals surface area contributed by atoms with E-state index in [2.05, 4.69) is 27.9 Å². The number of hydrogen-bond donors (Lipinski definition) is 1. The van der Waals surface area contributed by atoms with E-state index in [9.17, 15) is 9.59 Å². The van der Waals surface area contributed by atoms with Crippen LogP contribution < -0.4 is 5.32 Å². The average molecular weight is 422 g/mol. The van der Waals surface area contributed by atoms with E-state index < -0.39 is 0 Å². The average Bonchev–Trinajstić information content (AvgIpc) is 2.58. The standard InChI is InChI=1S/C18H19IN2O2/c1-2-21(13-14-7-4-3-5-8-14)17(22)12-20-18(23)15-9-6-10-16(19)11-15/h3-11H,2,12-13H2,1H3,(H,20,23). The molecule has 0 fully saturated rings. The van der Waals surface area contributed by atoms with Crippen LogP contribution in [-0.4, -0.2) is 29.8 Å². The van der Waals surface area contributed by atoms with Crippen molar-refractivity contribution in [3.8, 4) is 0 Å². The van der Waals surface area contributed by atoms with E-state index in [1.54, 1.807) is 17.0 Å². The summed E-state index contributed by atoms with van der Waals surface area (Å²) in [4.78, 5) is 26.1. The summed E-state index contributed by atoms with van der Waals surface area (Å²) in [7, 11) is 0. The SMILES string of the molecule is CCN(Cc1ccccc1)C(=O)CNC(=O)c1cccc(I)c1. The van der Waals surface area contributed by atoms with E-state index >= 15 is 0 Å². The third-order valence-electron chi connectivity index (χ3n) is 3.44. The van der Waals surface area contributed by atoms with Crippen LogP contribution in [0.25, 0.3) is 0 Å². The molecule has 0 aliphatic heterocycles. The van der Waals surface area contributed by atoms with Gasteiger partial charge in [0.15, 0.2) is 0 Å². The lowest BCUT2D eigenvalue weighted by Crippen LogP contribution is -2.39. The molecule has 4 nitrogen and oxygen atoms in total. The molecule has 1 N–H and O–H groups in total. The molecule has 2 aromatic carbocycles. The monoisotopic (exact) mass is 422 g/mol. The predicted octanol–water partition coefficient (Wildman–Crippen LogP) is 3.07. The molecule has 0 aliphatic rings. The first-order chi connectivity index (χ1) is 11.1. The van der Waals surface area contributed by atoms with Crippen LogP contribution in [0.3, 0.4) is 0 Å². The summed E-state index contributed by atoms with van der Waals surface area (Å²) in [6.45, 7) is 3.09. The third-order valence-corrected chi connectivity index (χ3v) is 4.11. The van der Waals surface area contributed by atoms with E-state index in [0.717, 1.165) is 9.13 Å². The Morgan fingerprint density at radius 1 is 1.09 bits per heavy atom. The van der Waals surface area contributed by atoms with Crippen LogP contribution in [0.1, 0.15) is 22.8 Å². The number of carbonyl (C=O) groups excluding carboxylic acids is 2. The van der Waals surface area contributed by atoms with Gasteiger partial charge in [0.25, 0.3) is 5.91 Å². The summed E-state index contributed by atoms with van der Waals surface area (Å²) < 4.78 is 0.987. The molecule has 0 atom stereocenters. The maximum atomic E-state index is 12.3. The highest BCUT2D eigenvalue weighted by Crippen LogP contribution is 2.08. The van der Waals surface area contributed by atoms with Crippen molar-refractivity contribution in [1.29, 1.82) is 0 Å². The van der Waals surface area contributed by atoms with Crippen molar-refractivity contribution >= 4 is 34.4 Å².